The third kappa shape index (κ3) is 10.9. The molecule has 2 heteroatoms. The van der Waals surface area contributed by atoms with Crippen molar-refractivity contribution in [2.24, 2.45) is 5.92 Å². The quantitative estimate of drug-likeness (QED) is 0.264. The average Bonchev–Trinajstić information content (AvgIpc) is 2.62. The van der Waals surface area contributed by atoms with E-state index in [1.54, 1.807) is 6.07 Å². The van der Waals surface area contributed by atoms with E-state index in [-0.39, 0.29) is 11.4 Å². The van der Waals surface area contributed by atoms with Gasteiger partial charge in [0.1, 0.15) is 5.82 Å². The van der Waals surface area contributed by atoms with Crippen molar-refractivity contribution in [1.29, 1.82) is 0 Å². The minimum absolute atomic E-state index is 0.0271. The summed E-state index contributed by atoms with van der Waals surface area (Å²) in [5, 5.41) is 0. The van der Waals surface area contributed by atoms with Crippen molar-refractivity contribution in [3.05, 3.63) is 35.6 Å². The fourth-order valence-electron chi connectivity index (χ4n) is 4.09. The first kappa shape index (κ1) is 24.1. The Kier molecular flexibility index (Phi) is 12.7. The normalized spacial score (nSPS) is 13.1. The lowest BCUT2D eigenvalue weighted by Crippen LogP contribution is -2.34. The number of unbranched alkanes of at least 4 members (excludes halogenated alkanes) is 7. The van der Waals surface area contributed by atoms with Gasteiger partial charge in [-0.05, 0) is 70.1 Å². The maximum Gasteiger partial charge on any atom is 0.123 e. The molecule has 0 spiro atoms. The van der Waals surface area contributed by atoms with Gasteiger partial charge in [0.15, 0.2) is 0 Å². The van der Waals surface area contributed by atoms with E-state index in [0.29, 0.717) is 5.92 Å². The van der Waals surface area contributed by atoms with Crippen molar-refractivity contribution in [3.8, 4) is 0 Å². The SMILES string of the molecule is CCCCCCCCC(CCCCCc1cccc(F)c1)C(C)(C)OCC. The summed E-state index contributed by atoms with van der Waals surface area (Å²) in [6.07, 6.45) is 15.2. The van der Waals surface area contributed by atoms with Gasteiger partial charge in [-0.2, -0.15) is 0 Å². The van der Waals surface area contributed by atoms with Gasteiger partial charge in [-0.3, -0.25) is 0 Å². The lowest BCUT2D eigenvalue weighted by atomic mass is 9.82. The van der Waals surface area contributed by atoms with Crippen LogP contribution in [0.1, 0.15) is 104 Å². The van der Waals surface area contributed by atoms with E-state index in [4.69, 9.17) is 4.74 Å². The van der Waals surface area contributed by atoms with Crippen LogP contribution in [0.5, 0.6) is 0 Å². The first-order chi connectivity index (χ1) is 13.0. The van der Waals surface area contributed by atoms with Gasteiger partial charge in [-0.1, -0.05) is 70.4 Å². The van der Waals surface area contributed by atoms with Crippen LogP contribution in [0.2, 0.25) is 0 Å². The molecule has 1 unspecified atom stereocenters. The Morgan fingerprint density at radius 1 is 0.889 bits per heavy atom. The summed E-state index contributed by atoms with van der Waals surface area (Å²) in [7, 11) is 0. The highest BCUT2D eigenvalue weighted by atomic mass is 19.1. The van der Waals surface area contributed by atoms with E-state index >= 15 is 0 Å². The lowest BCUT2D eigenvalue weighted by Gasteiger charge is -2.34. The van der Waals surface area contributed by atoms with Gasteiger partial charge in [0.25, 0.3) is 0 Å². The molecule has 0 aliphatic rings. The van der Waals surface area contributed by atoms with E-state index in [1.807, 2.05) is 12.1 Å². The summed E-state index contributed by atoms with van der Waals surface area (Å²) in [5.74, 6) is 0.516. The molecular formula is C25H43FO. The fourth-order valence-corrected chi connectivity index (χ4v) is 4.09. The number of rotatable bonds is 16. The lowest BCUT2D eigenvalue weighted by molar-refractivity contribution is -0.0605. The molecule has 1 aromatic carbocycles. The second-order valence-corrected chi connectivity index (χ2v) is 8.52. The smallest absolute Gasteiger partial charge is 0.123 e. The van der Waals surface area contributed by atoms with Crippen molar-refractivity contribution >= 4 is 0 Å². The minimum Gasteiger partial charge on any atom is -0.376 e. The van der Waals surface area contributed by atoms with Crippen molar-refractivity contribution in [3.63, 3.8) is 0 Å². The van der Waals surface area contributed by atoms with Gasteiger partial charge in [-0.25, -0.2) is 4.39 Å². The number of hydrogen-bond donors (Lipinski definition) is 0. The molecule has 156 valence electrons. The predicted octanol–water partition coefficient (Wildman–Crippen LogP) is 8.11. The molecule has 1 nitrogen and oxygen atoms in total. The minimum atomic E-state index is -0.120. The molecule has 0 aliphatic carbocycles. The summed E-state index contributed by atoms with van der Waals surface area (Å²) < 4.78 is 19.3. The average molecular weight is 379 g/mol. The van der Waals surface area contributed by atoms with Crippen LogP contribution < -0.4 is 0 Å². The molecule has 0 heterocycles. The molecule has 0 aromatic heterocycles. The standard InChI is InChI=1S/C25H43FO/c1-5-7-8-9-10-13-18-23(25(3,4)27-6-2)19-14-11-12-16-22-17-15-20-24(26)21-22/h15,17,20-21,23H,5-14,16,18-19H2,1-4H3. The Balaban J connectivity index is 2.32. The molecule has 1 aromatic rings. The Hall–Kier alpha value is -0.890. The summed E-state index contributed by atoms with van der Waals surface area (Å²) >= 11 is 0. The number of aryl methyl sites for hydroxylation is 1. The fraction of sp³-hybridized carbons (Fsp3) is 0.760. The monoisotopic (exact) mass is 378 g/mol. The molecule has 0 radical (unpaired) electrons. The molecular weight excluding hydrogens is 335 g/mol. The molecule has 0 saturated heterocycles. The van der Waals surface area contributed by atoms with E-state index < -0.39 is 0 Å². The predicted molar refractivity (Wildman–Crippen MR) is 116 cm³/mol. The van der Waals surface area contributed by atoms with E-state index in [0.717, 1.165) is 25.0 Å². The van der Waals surface area contributed by atoms with Gasteiger partial charge in [0.2, 0.25) is 0 Å². The Morgan fingerprint density at radius 3 is 2.15 bits per heavy atom. The Bertz CT molecular complexity index is 483. The first-order valence-electron chi connectivity index (χ1n) is 11.4. The number of hydrogen-bond acceptors (Lipinski definition) is 1. The van der Waals surface area contributed by atoms with Crippen LogP contribution in [0.25, 0.3) is 0 Å². The molecule has 0 fully saturated rings. The van der Waals surface area contributed by atoms with Crippen LogP contribution in [0.15, 0.2) is 24.3 Å². The second-order valence-electron chi connectivity index (χ2n) is 8.52. The van der Waals surface area contributed by atoms with Crippen LogP contribution in [0, 0.1) is 11.7 Å². The van der Waals surface area contributed by atoms with E-state index in [9.17, 15) is 4.39 Å². The van der Waals surface area contributed by atoms with Crippen molar-refractivity contribution in [2.75, 3.05) is 6.61 Å². The summed E-state index contributed by atoms with van der Waals surface area (Å²) in [6, 6.07) is 7.03. The van der Waals surface area contributed by atoms with Gasteiger partial charge < -0.3 is 4.74 Å². The number of halogens is 1. The highest BCUT2D eigenvalue weighted by Gasteiger charge is 2.28. The zero-order valence-corrected chi connectivity index (χ0v) is 18.4. The highest BCUT2D eigenvalue weighted by Crippen LogP contribution is 2.31. The van der Waals surface area contributed by atoms with Crippen molar-refractivity contribution in [2.45, 2.75) is 110 Å². The number of benzene rings is 1. The van der Waals surface area contributed by atoms with Crippen LogP contribution in [0.3, 0.4) is 0 Å². The molecule has 0 saturated carbocycles. The first-order valence-corrected chi connectivity index (χ1v) is 11.4. The molecule has 0 bridgehead atoms. The second kappa shape index (κ2) is 14.2. The summed E-state index contributed by atoms with van der Waals surface area (Å²) in [6.45, 7) is 9.70. The van der Waals surface area contributed by atoms with Crippen LogP contribution in [-0.4, -0.2) is 12.2 Å². The summed E-state index contributed by atoms with van der Waals surface area (Å²) in [5.41, 5.74) is 1.09. The highest BCUT2D eigenvalue weighted by molar-refractivity contribution is 5.16. The molecule has 1 rings (SSSR count). The zero-order chi connectivity index (χ0) is 20.0. The van der Waals surface area contributed by atoms with Gasteiger partial charge in [0.05, 0.1) is 5.60 Å². The van der Waals surface area contributed by atoms with Crippen molar-refractivity contribution in [1.82, 2.24) is 0 Å². The maximum absolute atomic E-state index is 13.3. The van der Waals surface area contributed by atoms with E-state index in [1.165, 1.54) is 70.3 Å². The molecule has 0 amide bonds. The maximum atomic E-state index is 13.3. The van der Waals surface area contributed by atoms with E-state index in [2.05, 4.69) is 27.7 Å². The van der Waals surface area contributed by atoms with Gasteiger partial charge in [-0.15, -0.1) is 0 Å². The topological polar surface area (TPSA) is 9.23 Å². The van der Waals surface area contributed by atoms with Crippen LogP contribution in [-0.2, 0) is 11.2 Å². The summed E-state index contributed by atoms with van der Waals surface area (Å²) in [4.78, 5) is 0. The van der Waals surface area contributed by atoms with Crippen molar-refractivity contribution < 1.29 is 9.13 Å². The molecule has 0 aliphatic heterocycles. The largest absolute Gasteiger partial charge is 0.376 e. The van der Waals surface area contributed by atoms with Gasteiger partial charge in [0, 0.05) is 6.61 Å². The molecule has 27 heavy (non-hydrogen) atoms. The third-order valence-electron chi connectivity index (χ3n) is 5.81. The Labute approximate surface area is 168 Å². The number of ether oxygens (including phenoxy) is 1. The third-order valence-corrected chi connectivity index (χ3v) is 5.81. The Morgan fingerprint density at radius 2 is 1.52 bits per heavy atom. The molecule has 1 atom stereocenters. The zero-order valence-electron chi connectivity index (χ0n) is 18.4. The van der Waals surface area contributed by atoms with Gasteiger partial charge >= 0.3 is 0 Å². The molecule has 0 N–H and O–H groups in total. The van der Waals surface area contributed by atoms with Crippen LogP contribution >= 0.6 is 0 Å². The van der Waals surface area contributed by atoms with Crippen LogP contribution in [0.4, 0.5) is 4.39 Å².